The van der Waals surface area contributed by atoms with Gasteiger partial charge in [0, 0.05) is 38.8 Å². The van der Waals surface area contributed by atoms with Crippen molar-refractivity contribution >= 4 is 35.8 Å². The smallest absolute Gasteiger partial charge is 0.234 e. The molecule has 0 bridgehead atoms. The molecule has 1 aliphatic carbocycles. The van der Waals surface area contributed by atoms with Crippen molar-refractivity contribution in [1.82, 2.24) is 20.4 Å². The van der Waals surface area contributed by atoms with E-state index in [1.54, 1.807) is 7.11 Å². The summed E-state index contributed by atoms with van der Waals surface area (Å²) >= 11 is 0. The van der Waals surface area contributed by atoms with Crippen molar-refractivity contribution in [3.05, 3.63) is 24.3 Å². The van der Waals surface area contributed by atoms with Gasteiger partial charge in [0.1, 0.15) is 6.10 Å². The van der Waals surface area contributed by atoms with Gasteiger partial charge in [-0.05, 0) is 38.8 Å². The first-order valence-electron chi connectivity index (χ1n) is 10.9. The Balaban J connectivity index is 0.00000341. The first-order chi connectivity index (χ1) is 14.6. The lowest BCUT2D eigenvalue weighted by molar-refractivity contribution is -0.122. The molecule has 2 aliphatic rings. The number of para-hydroxylation sites is 2. The molecule has 2 fully saturated rings. The number of hydrogen-bond donors (Lipinski definition) is 2. The number of aliphatic imine (C=N–C) groups is 1. The Morgan fingerprint density at radius 3 is 2.48 bits per heavy atom. The quantitative estimate of drug-likeness (QED) is 0.281. The summed E-state index contributed by atoms with van der Waals surface area (Å²) < 4.78 is 11.4. The number of ether oxygens (including phenoxy) is 2. The topological polar surface area (TPSA) is 78.4 Å². The molecule has 0 radical (unpaired) electrons. The van der Waals surface area contributed by atoms with E-state index in [1.165, 1.54) is 0 Å². The average Bonchev–Trinajstić information content (AvgIpc) is 3.56. The van der Waals surface area contributed by atoms with Crippen LogP contribution in [0.1, 0.15) is 26.7 Å². The fourth-order valence-electron chi connectivity index (χ4n) is 3.43. The van der Waals surface area contributed by atoms with Gasteiger partial charge in [-0.25, -0.2) is 4.99 Å². The third-order valence-corrected chi connectivity index (χ3v) is 5.21. The number of rotatable bonds is 9. The normalized spacial score (nSPS) is 18.0. The summed E-state index contributed by atoms with van der Waals surface area (Å²) in [4.78, 5) is 21.3. The fraction of sp³-hybridized carbons (Fsp3) is 0.636. The zero-order chi connectivity index (χ0) is 21.3. The lowest BCUT2D eigenvalue weighted by atomic mass is 10.3. The minimum Gasteiger partial charge on any atom is -0.493 e. The highest BCUT2D eigenvalue weighted by atomic mass is 127. The molecular formula is C22H36IN5O3. The first-order valence-corrected chi connectivity index (χ1v) is 10.9. The third kappa shape index (κ3) is 8.36. The standard InChI is InChI=1S/C22H35N5O3.HI/c1-4-23-22(24-15-17(2)30-20-8-6-5-7-19(20)29-3)27-13-11-26(12-14-27)16-21(28)25-18-9-10-18;/h5-8,17-18H,4,9-16H2,1-3H3,(H,23,24)(H,25,28);1H. The Morgan fingerprint density at radius 2 is 1.87 bits per heavy atom. The van der Waals surface area contributed by atoms with Crippen LogP contribution in [0.25, 0.3) is 0 Å². The molecule has 2 N–H and O–H groups in total. The zero-order valence-electron chi connectivity index (χ0n) is 18.8. The molecule has 0 aromatic heterocycles. The number of hydrogen-bond acceptors (Lipinski definition) is 5. The number of benzene rings is 1. The van der Waals surface area contributed by atoms with Crippen LogP contribution in [0, 0.1) is 0 Å². The van der Waals surface area contributed by atoms with Gasteiger partial charge in [-0.3, -0.25) is 9.69 Å². The average molecular weight is 545 g/mol. The number of carbonyl (C=O) groups excluding carboxylic acids is 1. The summed E-state index contributed by atoms with van der Waals surface area (Å²) in [5.74, 6) is 2.50. The molecule has 1 saturated heterocycles. The summed E-state index contributed by atoms with van der Waals surface area (Å²) in [6.45, 7) is 9.34. The number of nitrogens with zero attached hydrogens (tertiary/aromatic N) is 3. The number of methoxy groups -OCH3 is 1. The van der Waals surface area contributed by atoms with E-state index in [2.05, 4.69) is 27.4 Å². The number of nitrogens with one attached hydrogen (secondary N) is 2. The maximum Gasteiger partial charge on any atom is 0.234 e. The second kappa shape index (κ2) is 12.9. The van der Waals surface area contributed by atoms with Crippen molar-refractivity contribution in [2.45, 2.75) is 38.8 Å². The van der Waals surface area contributed by atoms with E-state index in [0.717, 1.165) is 63.0 Å². The molecule has 1 unspecified atom stereocenters. The molecule has 9 heteroatoms. The Morgan fingerprint density at radius 1 is 1.19 bits per heavy atom. The summed E-state index contributed by atoms with van der Waals surface area (Å²) in [5, 5.41) is 6.45. The lowest BCUT2D eigenvalue weighted by Crippen LogP contribution is -2.54. The van der Waals surface area contributed by atoms with Gasteiger partial charge in [0.05, 0.1) is 20.2 Å². The van der Waals surface area contributed by atoms with Crippen molar-refractivity contribution in [2.24, 2.45) is 4.99 Å². The molecule has 0 spiro atoms. The van der Waals surface area contributed by atoms with Crippen LogP contribution >= 0.6 is 24.0 Å². The molecule has 1 amide bonds. The molecular weight excluding hydrogens is 509 g/mol. The van der Waals surface area contributed by atoms with Crippen LogP contribution in [0.2, 0.25) is 0 Å². The van der Waals surface area contributed by atoms with Gasteiger partial charge < -0.3 is 25.0 Å². The van der Waals surface area contributed by atoms with E-state index >= 15 is 0 Å². The molecule has 3 rings (SSSR count). The monoisotopic (exact) mass is 545 g/mol. The molecule has 1 heterocycles. The molecule has 8 nitrogen and oxygen atoms in total. The van der Waals surface area contributed by atoms with E-state index in [9.17, 15) is 4.79 Å². The predicted molar refractivity (Wildman–Crippen MR) is 134 cm³/mol. The third-order valence-electron chi connectivity index (χ3n) is 5.21. The summed E-state index contributed by atoms with van der Waals surface area (Å²) in [7, 11) is 1.64. The van der Waals surface area contributed by atoms with E-state index in [1.807, 2.05) is 31.2 Å². The van der Waals surface area contributed by atoms with Crippen LogP contribution in [-0.2, 0) is 4.79 Å². The number of piperazine rings is 1. The molecule has 1 aromatic rings. The van der Waals surface area contributed by atoms with Gasteiger partial charge in [0.15, 0.2) is 17.5 Å². The van der Waals surface area contributed by atoms with Crippen LogP contribution in [0.3, 0.4) is 0 Å². The second-order valence-electron chi connectivity index (χ2n) is 7.88. The number of amides is 1. The van der Waals surface area contributed by atoms with Crippen molar-refractivity contribution in [1.29, 1.82) is 0 Å². The van der Waals surface area contributed by atoms with E-state index in [-0.39, 0.29) is 36.0 Å². The SMILES string of the molecule is CCNC(=NCC(C)Oc1ccccc1OC)N1CCN(CC(=O)NC2CC2)CC1.I. The van der Waals surface area contributed by atoms with E-state index in [4.69, 9.17) is 14.5 Å². The highest BCUT2D eigenvalue weighted by Gasteiger charge is 2.26. The van der Waals surface area contributed by atoms with Crippen molar-refractivity contribution in [2.75, 3.05) is 52.9 Å². The molecule has 174 valence electrons. The van der Waals surface area contributed by atoms with Crippen LogP contribution < -0.4 is 20.1 Å². The van der Waals surface area contributed by atoms with Crippen LogP contribution in [0.5, 0.6) is 11.5 Å². The first kappa shape index (κ1) is 25.5. The second-order valence-corrected chi connectivity index (χ2v) is 7.88. The van der Waals surface area contributed by atoms with Crippen LogP contribution in [0.15, 0.2) is 29.3 Å². The van der Waals surface area contributed by atoms with Crippen LogP contribution in [-0.4, -0.2) is 86.7 Å². The van der Waals surface area contributed by atoms with Crippen molar-refractivity contribution in [3.63, 3.8) is 0 Å². The van der Waals surface area contributed by atoms with Crippen LogP contribution in [0.4, 0.5) is 0 Å². The Kier molecular flexibility index (Phi) is 10.7. The fourth-order valence-corrected chi connectivity index (χ4v) is 3.43. The minimum absolute atomic E-state index is 0. The largest absolute Gasteiger partial charge is 0.493 e. The maximum atomic E-state index is 12.0. The summed E-state index contributed by atoms with van der Waals surface area (Å²) in [5.41, 5.74) is 0. The van der Waals surface area contributed by atoms with E-state index in [0.29, 0.717) is 19.1 Å². The molecule has 1 aliphatic heterocycles. The summed E-state index contributed by atoms with van der Waals surface area (Å²) in [6, 6.07) is 8.07. The number of guanidine groups is 1. The predicted octanol–water partition coefficient (Wildman–Crippen LogP) is 1.94. The van der Waals surface area contributed by atoms with Gasteiger partial charge in [-0.1, -0.05) is 12.1 Å². The number of halogens is 1. The molecule has 31 heavy (non-hydrogen) atoms. The van der Waals surface area contributed by atoms with Gasteiger partial charge in [0.2, 0.25) is 5.91 Å². The van der Waals surface area contributed by atoms with Crippen molar-refractivity contribution in [3.8, 4) is 11.5 Å². The van der Waals surface area contributed by atoms with Crippen molar-refractivity contribution < 1.29 is 14.3 Å². The lowest BCUT2D eigenvalue weighted by Gasteiger charge is -2.36. The molecule has 1 atom stereocenters. The molecule has 1 aromatic carbocycles. The zero-order valence-corrected chi connectivity index (χ0v) is 21.1. The summed E-state index contributed by atoms with van der Waals surface area (Å²) in [6.07, 6.45) is 2.17. The number of carbonyl (C=O) groups is 1. The maximum absolute atomic E-state index is 12.0. The highest BCUT2D eigenvalue weighted by Crippen LogP contribution is 2.26. The molecule has 1 saturated carbocycles. The van der Waals surface area contributed by atoms with Gasteiger partial charge in [-0.15, -0.1) is 24.0 Å². The Bertz CT molecular complexity index is 721. The Hall–Kier alpha value is -1.75. The highest BCUT2D eigenvalue weighted by molar-refractivity contribution is 14.0. The minimum atomic E-state index is -0.0811. The van der Waals surface area contributed by atoms with E-state index < -0.39 is 0 Å². The van der Waals surface area contributed by atoms with Gasteiger partial charge in [-0.2, -0.15) is 0 Å². The Labute approximate surface area is 202 Å². The van der Waals surface area contributed by atoms with Gasteiger partial charge in [0.25, 0.3) is 0 Å². The van der Waals surface area contributed by atoms with Gasteiger partial charge >= 0.3 is 0 Å².